The molecule has 0 aliphatic carbocycles. The van der Waals surface area contributed by atoms with Gasteiger partial charge in [0.05, 0.1) is 20.9 Å². The molecule has 4 rings (SSSR count). The van der Waals surface area contributed by atoms with Crippen LogP contribution in [0, 0.1) is 0 Å². The van der Waals surface area contributed by atoms with Gasteiger partial charge in [-0.15, -0.1) is 22.7 Å². The van der Waals surface area contributed by atoms with E-state index < -0.39 is 0 Å². The molecule has 0 saturated heterocycles. The number of para-hydroxylation sites is 1. The van der Waals surface area contributed by atoms with Crippen LogP contribution >= 0.6 is 34.3 Å². The Hall–Kier alpha value is -2.81. The fourth-order valence-corrected chi connectivity index (χ4v) is 4.43. The van der Waals surface area contributed by atoms with Gasteiger partial charge in [-0.2, -0.15) is 0 Å². The third-order valence-corrected chi connectivity index (χ3v) is 6.25. The molecule has 0 unspecified atom stereocenters. The first-order valence-electron chi connectivity index (χ1n) is 8.79. The Labute approximate surface area is 180 Å². The number of carbonyl (C=O) groups is 1. The van der Waals surface area contributed by atoms with Gasteiger partial charge in [0.1, 0.15) is 17.2 Å². The molecule has 1 aromatic carbocycles. The predicted molar refractivity (Wildman–Crippen MR) is 121 cm³/mol. The monoisotopic (exact) mass is 441 g/mol. The number of thiophene rings is 1. The van der Waals surface area contributed by atoms with Gasteiger partial charge in [0, 0.05) is 30.1 Å². The highest BCUT2D eigenvalue weighted by Crippen LogP contribution is 2.25. The molecule has 0 bridgehead atoms. The highest BCUT2D eigenvalue weighted by Gasteiger charge is 2.06. The van der Waals surface area contributed by atoms with Gasteiger partial charge in [-0.25, -0.2) is 15.0 Å². The number of aromatic nitrogens is 3. The van der Waals surface area contributed by atoms with E-state index >= 15 is 0 Å². The van der Waals surface area contributed by atoms with Crippen molar-refractivity contribution in [1.29, 1.82) is 0 Å². The molecule has 0 radical (unpaired) electrons. The number of benzene rings is 1. The molecule has 4 aromatic rings. The Bertz CT molecular complexity index is 1170. The predicted octanol–water partition coefficient (Wildman–Crippen LogP) is 5.11. The summed E-state index contributed by atoms with van der Waals surface area (Å²) >= 11 is 9.22. The lowest BCUT2D eigenvalue weighted by Gasteiger charge is -2.04. The van der Waals surface area contributed by atoms with Crippen LogP contribution in [-0.2, 0) is 11.2 Å². The van der Waals surface area contributed by atoms with Crippen molar-refractivity contribution in [3.05, 3.63) is 69.2 Å². The van der Waals surface area contributed by atoms with E-state index in [1.165, 1.54) is 6.08 Å². The minimum absolute atomic E-state index is 0.250. The van der Waals surface area contributed by atoms with Crippen LogP contribution < -0.4 is 10.6 Å². The van der Waals surface area contributed by atoms with Crippen LogP contribution in [0.4, 0.5) is 11.5 Å². The SMILES string of the molecule is O=C(/C=C/c1ncc(CCNc2ncnc3ccsc23)s1)Nc1ccccc1Cl. The number of carbonyl (C=O) groups excluding carboxylic acids is 1. The smallest absolute Gasteiger partial charge is 0.248 e. The number of nitrogens with one attached hydrogen (secondary N) is 2. The van der Waals surface area contributed by atoms with Crippen LogP contribution in [0.15, 0.2) is 54.3 Å². The molecule has 2 N–H and O–H groups in total. The van der Waals surface area contributed by atoms with Gasteiger partial charge in [0.15, 0.2) is 0 Å². The molecule has 0 aliphatic heterocycles. The van der Waals surface area contributed by atoms with Crippen molar-refractivity contribution in [2.24, 2.45) is 0 Å². The molecule has 1 amide bonds. The maximum atomic E-state index is 12.1. The Morgan fingerprint density at radius 2 is 2.07 bits per heavy atom. The minimum Gasteiger partial charge on any atom is -0.368 e. The maximum absolute atomic E-state index is 12.1. The number of halogens is 1. The van der Waals surface area contributed by atoms with E-state index in [1.54, 1.807) is 47.2 Å². The number of nitrogens with zero attached hydrogens (tertiary/aromatic N) is 3. The second-order valence-corrected chi connectivity index (χ2v) is 8.47. The standard InChI is InChI=1S/C20H16ClN5OS2/c21-14-3-1-2-4-15(14)26-17(27)5-6-18-23-11-13(29-18)7-9-22-20-19-16(8-10-28-19)24-12-25-20/h1-6,8,10-12H,7,9H2,(H,26,27)(H,22,24,25)/b6-5+. The Morgan fingerprint density at radius 3 is 2.97 bits per heavy atom. The molecule has 3 heterocycles. The zero-order valence-corrected chi connectivity index (χ0v) is 17.5. The Kier molecular flexibility index (Phi) is 6.14. The van der Waals surface area contributed by atoms with Crippen LogP contribution in [0.25, 0.3) is 16.3 Å². The normalized spacial score (nSPS) is 11.2. The summed E-state index contributed by atoms with van der Waals surface area (Å²) < 4.78 is 1.06. The second kappa shape index (κ2) is 9.13. The van der Waals surface area contributed by atoms with Crippen LogP contribution in [0.3, 0.4) is 0 Å². The maximum Gasteiger partial charge on any atom is 0.248 e. The summed E-state index contributed by atoms with van der Waals surface area (Å²) in [6, 6.07) is 9.10. The van der Waals surface area contributed by atoms with E-state index in [0.29, 0.717) is 10.7 Å². The summed E-state index contributed by atoms with van der Waals surface area (Å²) in [6.45, 7) is 0.738. The molecule has 6 nitrogen and oxygen atoms in total. The molecular weight excluding hydrogens is 426 g/mol. The first-order chi connectivity index (χ1) is 14.2. The lowest BCUT2D eigenvalue weighted by Crippen LogP contribution is -2.07. The third kappa shape index (κ3) is 4.97. The average molecular weight is 442 g/mol. The van der Waals surface area contributed by atoms with Crippen molar-refractivity contribution in [3.63, 3.8) is 0 Å². The second-order valence-electron chi connectivity index (χ2n) is 6.00. The van der Waals surface area contributed by atoms with Crippen molar-refractivity contribution in [2.75, 3.05) is 17.2 Å². The number of hydrogen-bond donors (Lipinski definition) is 2. The van der Waals surface area contributed by atoms with Crippen LogP contribution in [-0.4, -0.2) is 27.4 Å². The van der Waals surface area contributed by atoms with E-state index in [9.17, 15) is 4.79 Å². The summed E-state index contributed by atoms with van der Waals surface area (Å²) in [5, 5.41) is 9.39. The van der Waals surface area contributed by atoms with E-state index in [1.807, 2.05) is 29.8 Å². The zero-order chi connectivity index (χ0) is 20.1. The minimum atomic E-state index is -0.250. The van der Waals surface area contributed by atoms with E-state index in [0.717, 1.165) is 38.9 Å². The number of fused-ring (bicyclic) bond motifs is 1. The van der Waals surface area contributed by atoms with Gasteiger partial charge in [-0.3, -0.25) is 4.79 Å². The molecule has 29 heavy (non-hydrogen) atoms. The molecule has 9 heteroatoms. The van der Waals surface area contributed by atoms with Gasteiger partial charge in [-0.05, 0) is 29.7 Å². The van der Waals surface area contributed by atoms with Crippen molar-refractivity contribution in [1.82, 2.24) is 15.0 Å². The molecule has 146 valence electrons. The molecule has 0 spiro atoms. The lowest BCUT2D eigenvalue weighted by molar-refractivity contribution is -0.111. The fourth-order valence-electron chi connectivity index (χ4n) is 2.62. The molecule has 0 saturated carbocycles. The molecule has 0 aliphatic rings. The average Bonchev–Trinajstić information content (AvgIpc) is 3.38. The van der Waals surface area contributed by atoms with Gasteiger partial charge < -0.3 is 10.6 Å². The van der Waals surface area contributed by atoms with Gasteiger partial charge in [0.25, 0.3) is 0 Å². The number of rotatable bonds is 7. The summed E-state index contributed by atoms with van der Waals surface area (Å²) in [7, 11) is 0. The Morgan fingerprint density at radius 1 is 1.17 bits per heavy atom. The van der Waals surface area contributed by atoms with E-state index in [2.05, 4.69) is 25.6 Å². The highest BCUT2D eigenvalue weighted by atomic mass is 35.5. The highest BCUT2D eigenvalue weighted by molar-refractivity contribution is 7.17. The van der Waals surface area contributed by atoms with Crippen molar-refractivity contribution in [2.45, 2.75) is 6.42 Å². The first kappa shape index (κ1) is 19.5. The number of anilines is 2. The largest absolute Gasteiger partial charge is 0.368 e. The molecule has 3 aromatic heterocycles. The number of thiazole rings is 1. The lowest BCUT2D eigenvalue weighted by atomic mass is 10.3. The van der Waals surface area contributed by atoms with Gasteiger partial charge in [0.2, 0.25) is 5.91 Å². The number of hydrogen-bond acceptors (Lipinski definition) is 7. The van der Waals surface area contributed by atoms with Crippen molar-refractivity contribution in [3.8, 4) is 0 Å². The topological polar surface area (TPSA) is 79.8 Å². The molecule has 0 fully saturated rings. The molecule has 0 atom stereocenters. The quantitative estimate of drug-likeness (QED) is 0.389. The summed E-state index contributed by atoms with van der Waals surface area (Å²) in [4.78, 5) is 26.1. The molecular formula is C20H16ClN5OS2. The first-order valence-corrected chi connectivity index (χ1v) is 10.9. The summed E-state index contributed by atoms with van der Waals surface area (Å²) in [6.07, 6.45) is 7.37. The van der Waals surface area contributed by atoms with Crippen LogP contribution in [0.5, 0.6) is 0 Å². The van der Waals surface area contributed by atoms with Crippen LogP contribution in [0.1, 0.15) is 9.88 Å². The summed E-state index contributed by atoms with van der Waals surface area (Å²) in [5.74, 6) is 0.603. The van der Waals surface area contributed by atoms with Gasteiger partial charge in [-0.1, -0.05) is 23.7 Å². The van der Waals surface area contributed by atoms with E-state index in [4.69, 9.17) is 11.6 Å². The van der Waals surface area contributed by atoms with E-state index in [-0.39, 0.29) is 5.91 Å². The van der Waals surface area contributed by atoms with Gasteiger partial charge >= 0.3 is 0 Å². The van der Waals surface area contributed by atoms with Crippen molar-refractivity contribution >= 4 is 68.0 Å². The summed E-state index contributed by atoms with van der Waals surface area (Å²) in [5.41, 5.74) is 1.53. The zero-order valence-electron chi connectivity index (χ0n) is 15.1. The fraction of sp³-hybridized carbons (Fsp3) is 0.100. The van der Waals surface area contributed by atoms with Crippen molar-refractivity contribution < 1.29 is 4.79 Å². The van der Waals surface area contributed by atoms with Crippen LogP contribution in [0.2, 0.25) is 5.02 Å². The third-order valence-electron chi connectivity index (χ3n) is 3.99. The number of amides is 1. The Balaban J connectivity index is 1.30.